The first-order valence-corrected chi connectivity index (χ1v) is 8.67. The molecule has 0 atom stereocenters. The van der Waals surface area contributed by atoms with Gasteiger partial charge in [0.15, 0.2) is 5.96 Å². The minimum absolute atomic E-state index is 0. The van der Waals surface area contributed by atoms with Gasteiger partial charge >= 0.3 is 0 Å². The highest BCUT2D eigenvalue weighted by Crippen LogP contribution is 2.09. The summed E-state index contributed by atoms with van der Waals surface area (Å²) < 4.78 is 2.13. The number of benzene rings is 1. The third-order valence-electron chi connectivity index (χ3n) is 3.62. The summed E-state index contributed by atoms with van der Waals surface area (Å²) in [5.41, 5.74) is 2.01. The van der Waals surface area contributed by atoms with Crippen LogP contribution in [0.25, 0.3) is 0 Å². The average Bonchev–Trinajstić information content (AvgIpc) is 3.09. The van der Waals surface area contributed by atoms with Gasteiger partial charge in [-0.25, -0.2) is 0 Å². The third kappa shape index (κ3) is 8.37. The molecule has 1 amide bonds. The van der Waals surface area contributed by atoms with Crippen molar-refractivity contribution < 1.29 is 4.79 Å². The summed E-state index contributed by atoms with van der Waals surface area (Å²) >= 11 is 0. The van der Waals surface area contributed by atoms with E-state index in [1.54, 1.807) is 0 Å². The third-order valence-corrected chi connectivity index (χ3v) is 3.62. The second-order valence-electron chi connectivity index (χ2n) is 5.74. The summed E-state index contributed by atoms with van der Waals surface area (Å²) in [7, 11) is 0. The molecule has 0 aliphatic heterocycles. The Bertz CT molecular complexity index is 668. The van der Waals surface area contributed by atoms with Crippen molar-refractivity contribution in [1.82, 2.24) is 15.2 Å². The van der Waals surface area contributed by atoms with Gasteiger partial charge in [-0.05, 0) is 43.2 Å². The lowest BCUT2D eigenvalue weighted by atomic mass is 10.1. The Morgan fingerprint density at radius 2 is 1.81 bits per heavy atom. The molecular weight excluding hydrogens is 441 g/mol. The van der Waals surface area contributed by atoms with Crippen LogP contribution in [-0.4, -0.2) is 36.1 Å². The molecular formula is C19H28IN5O. The minimum Gasteiger partial charge on any atom is -0.357 e. The van der Waals surface area contributed by atoms with Gasteiger partial charge in [-0.15, -0.1) is 24.0 Å². The van der Waals surface area contributed by atoms with Gasteiger partial charge in [-0.3, -0.25) is 9.79 Å². The number of aliphatic imine (C=N–C) groups is 1. The maximum absolute atomic E-state index is 11.0. The van der Waals surface area contributed by atoms with E-state index in [9.17, 15) is 4.79 Å². The first kappa shape index (κ1) is 22.0. The summed E-state index contributed by atoms with van der Waals surface area (Å²) in [6.45, 7) is 6.84. The number of nitrogens with zero attached hydrogens (tertiary/aromatic N) is 2. The van der Waals surface area contributed by atoms with Crippen LogP contribution >= 0.6 is 24.0 Å². The van der Waals surface area contributed by atoms with Crippen LogP contribution in [0.3, 0.4) is 0 Å². The molecule has 0 aliphatic rings. The van der Waals surface area contributed by atoms with E-state index >= 15 is 0 Å². The zero-order chi connectivity index (χ0) is 17.9. The lowest BCUT2D eigenvalue weighted by Crippen LogP contribution is -2.39. The van der Waals surface area contributed by atoms with E-state index < -0.39 is 0 Å². The minimum atomic E-state index is -0.0568. The number of carbonyl (C=O) groups excluding carboxylic acids is 1. The van der Waals surface area contributed by atoms with Gasteiger partial charge in [-0.1, -0.05) is 12.1 Å². The Labute approximate surface area is 172 Å². The predicted octanol–water partition coefficient (Wildman–Crippen LogP) is 2.86. The molecule has 0 bridgehead atoms. The molecule has 0 saturated carbocycles. The van der Waals surface area contributed by atoms with Crippen molar-refractivity contribution in [3.05, 3.63) is 54.4 Å². The number of halogens is 1. The van der Waals surface area contributed by atoms with Crippen LogP contribution in [0, 0.1) is 0 Å². The van der Waals surface area contributed by atoms with Gasteiger partial charge in [0.1, 0.15) is 0 Å². The molecule has 142 valence electrons. The Morgan fingerprint density at radius 3 is 2.42 bits per heavy atom. The van der Waals surface area contributed by atoms with E-state index in [4.69, 9.17) is 0 Å². The van der Waals surface area contributed by atoms with Crippen LogP contribution in [0.2, 0.25) is 0 Å². The number of hydrogen-bond acceptors (Lipinski definition) is 2. The zero-order valence-corrected chi connectivity index (χ0v) is 17.7. The van der Waals surface area contributed by atoms with E-state index in [1.807, 2.05) is 36.4 Å². The summed E-state index contributed by atoms with van der Waals surface area (Å²) in [5, 5.41) is 9.38. The Morgan fingerprint density at radius 1 is 1.12 bits per heavy atom. The van der Waals surface area contributed by atoms with Crippen molar-refractivity contribution in [2.75, 3.05) is 25.0 Å². The molecule has 3 N–H and O–H groups in total. The largest absolute Gasteiger partial charge is 0.357 e. The number of amides is 1. The molecule has 0 fully saturated rings. The van der Waals surface area contributed by atoms with Crippen molar-refractivity contribution in [2.45, 2.75) is 26.8 Å². The fourth-order valence-electron chi connectivity index (χ4n) is 2.42. The molecule has 6 nitrogen and oxygen atoms in total. The number of anilines is 1. The summed E-state index contributed by atoms with van der Waals surface area (Å²) in [5.74, 6) is 0.781. The molecule has 1 heterocycles. The van der Waals surface area contributed by atoms with Crippen LogP contribution in [0.5, 0.6) is 0 Å². The molecule has 0 spiro atoms. The monoisotopic (exact) mass is 469 g/mol. The first-order valence-electron chi connectivity index (χ1n) is 8.67. The summed E-state index contributed by atoms with van der Waals surface area (Å²) in [6.07, 6.45) is 4.96. The number of rotatable bonds is 8. The van der Waals surface area contributed by atoms with Crippen LogP contribution in [0.1, 0.15) is 19.4 Å². The van der Waals surface area contributed by atoms with Gasteiger partial charge in [0.25, 0.3) is 0 Å². The fraction of sp³-hybridized carbons (Fsp3) is 0.368. The van der Waals surface area contributed by atoms with Gasteiger partial charge < -0.3 is 20.5 Å². The van der Waals surface area contributed by atoms with Crippen LogP contribution in [-0.2, 0) is 17.8 Å². The first-order chi connectivity index (χ1) is 12.2. The molecule has 1 aromatic heterocycles. The van der Waals surface area contributed by atoms with Gasteiger partial charge in [0.2, 0.25) is 5.91 Å². The maximum Gasteiger partial charge on any atom is 0.221 e. The van der Waals surface area contributed by atoms with E-state index in [1.165, 1.54) is 12.5 Å². The van der Waals surface area contributed by atoms with E-state index in [0.717, 1.165) is 37.7 Å². The van der Waals surface area contributed by atoms with Crippen molar-refractivity contribution in [3.63, 3.8) is 0 Å². The molecule has 7 heteroatoms. The summed E-state index contributed by atoms with van der Waals surface area (Å²) in [6, 6.07) is 11.9. The fourth-order valence-corrected chi connectivity index (χ4v) is 2.42. The number of nitrogens with one attached hydrogen (secondary N) is 3. The second kappa shape index (κ2) is 12.3. The molecule has 0 aliphatic carbocycles. The lowest BCUT2D eigenvalue weighted by Gasteiger charge is -2.11. The molecule has 2 rings (SSSR count). The molecule has 2 aromatic rings. The highest BCUT2D eigenvalue weighted by Gasteiger charge is 1.99. The normalized spacial score (nSPS) is 10.8. The van der Waals surface area contributed by atoms with Crippen molar-refractivity contribution in [1.29, 1.82) is 0 Å². The number of guanidine groups is 1. The van der Waals surface area contributed by atoms with Gasteiger partial charge in [-0.2, -0.15) is 0 Å². The van der Waals surface area contributed by atoms with Crippen molar-refractivity contribution >= 4 is 41.5 Å². The molecule has 0 saturated heterocycles. The average molecular weight is 469 g/mol. The highest BCUT2D eigenvalue weighted by atomic mass is 127. The molecule has 0 unspecified atom stereocenters. The van der Waals surface area contributed by atoms with E-state index in [-0.39, 0.29) is 29.9 Å². The SMILES string of the molecule is CCNC(=NCCc1ccc(NC(C)=O)cc1)NCCn1cccc1.I. The Kier molecular flexibility index (Phi) is 10.5. The quantitative estimate of drug-likeness (QED) is 0.317. The summed E-state index contributed by atoms with van der Waals surface area (Å²) in [4.78, 5) is 15.6. The number of hydrogen-bond donors (Lipinski definition) is 3. The second-order valence-corrected chi connectivity index (χ2v) is 5.74. The Balaban J connectivity index is 0.00000338. The Hall–Kier alpha value is -2.03. The van der Waals surface area contributed by atoms with Crippen molar-refractivity contribution in [3.8, 4) is 0 Å². The van der Waals surface area contributed by atoms with E-state index in [2.05, 4.69) is 44.8 Å². The smallest absolute Gasteiger partial charge is 0.221 e. The van der Waals surface area contributed by atoms with E-state index in [0.29, 0.717) is 6.54 Å². The standard InChI is InChI=1S/C19H27N5O.HI/c1-3-20-19(22-12-15-24-13-4-5-14-24)21-11-10-17-6-8-18(9-7-17)23-16(2)25;/h4-9,13-14H,3,10-12,15H2,1-2H3,(H,23,25)(H2,20,21,22);1H. The van der Waals surface area contributed by atoms with Gasteiger partial charge in [0.05, 0.1) is 0 Å². The number of aromatic nitrogens is 1. The molecule has 26 heavy (non-hydrogen) atoms. The van der Waals surface area contributed by atoms with Gasteiger partial charge in [0, 0.05) is 51.2 Å². The molecule has 1 aromatic carbocycles. The van der Waals surface area contributed by atoms with Crippen molar-refractivity contribution in [2.24, 2.45) is 4.99 Å². The highest BCUT2D eigenvalue weighted by molar-refractivity contribution is 14.0. The predicted molar refractivity (Wildman–Crippen MR) is 118 cm³/mol. The topological polar surface area (TPSA) is 70.4 Å². The lowest BCUT2D eigenvalue weighted by molar-refractivity contribution is -0.114. The molecule has 0 radical (unpaired) electrons. The maximum atomic E-state index is 11.0. The van der Waals surface area contributed by atoms with Crippen LogP contribution in [0.15, 0.2) is 53.8 Å². The van der Waals surface area contributed by atoms with Crippen LogP contribution in [0.4, 0.5) is 5.69 Å². The zero-order valence-electron chi connectivity index (χ0n) is 15.4. The number of carbonyl (C=O) groups is 1. The van der Waals surface area contributed by atoms with Crippen LogP contribution < -0.4 is 16.0 Å².